The quantitative estimate of drug-likeness (QED) is 0.551. The van der Waals surface area contributed by atoms with Gasteiger partial charge in [0, 0.05) is 11.3 Å². The summed E-state index contributed by atoms with van der Waals surface area (Å²) in [4.78, 5) is 12.8. The van der Waals surface area contributed by atoms with E-state index in [1.54, 1.807) is 54.6 Å². The average molecular weight is 421 g/mol. The van der Waals surface area contributed by atoms with E-state index in [-0.39, 0.29) is 17.3 Å². The standard InChI is InChI=1S/C24H24N2O3S/c1-4-17-26(30(28,29)22-10-6-5-7-11-22)21-15-13-20(14-16-21)24(27)25-23-12-8-9-18(2)19(23)3/h4-16H,1,17H2,2-3H3,(H,25,27). The summed E-state index contributed by atoms with van der Waals surface area (Å²) >= 11 is 0. The first-order chi connectivity index (χ1) is 14.3. The Morgan fingerprint density at radius 3 is 2.27 bits per heavy atom. The first-order valence-corrected chi connectivity index (χ1v) is 10.9. The zero-order valence-corrected chi connectivity index (χ0v) is 17.8. The van der Waals surface area contributed by atoms with E-state index in [0.29, 0.717) is 11.3 Å². The highest BCUT2D eigenvalue weighted by molar-refractivity contribution is 7.92. The van der Waals surface area contributed by atoms with Crippen LogP contribution in [0.3, 0.4) is 0 Å². The van der Waals surface area contributed by atoms with Gasteiger partial charge in [-0.3, -0.25) is 9.10 Å². The Morgan fingerprint density at radius 1 is 0.967 bits per heavy atom. The van der Waals surface area contributed by atoms with Crippen LogP contribution in [-0.2, 0) is 10.0 Å². The Morgan fingerprint density at radius 2 is 1.63 bits per heavy atom. The van der Waals surface area contributed by atoms with Gasteiger partial charge in [-0.1, -0.05) is 36.4 Å². The Hall–Kier alpha value is -3.38. The lowest BCUT2D eigenvalue weighted by molar-refractivity contribution is 0.102. The smallest absolute Gasteiger partial charge is 0.264 e. The number of rotatable bonds is 7. The molecule has 0 saturated carbocycles. The molecule has 3 aromatic rings. The SMILES string of the molecule is C=CCN(c1ccc(C(=O)Nc2cccc(C)c2C)cc1)S(=O)(=O)c1ccccc1. The van der Waals surface area contributed by atoms with Crippen LogP contribution in [-0.4, -0.2) is 20.9 Å². The number of benzene rings is 3. The van der Waals surface area contributed by atoms with Gasteiger partial charge in [-0.05, 0) is 67.4 Å². The first-order valence-electron chi connectivity index (χ1n) is 9.51. The number of carbonyl (C=O) groups excluding carboxylic acids is 1. The van der Waals surface area contributed by atoms with Crippen LogP contribution in [0.4, 0.5) is 11.4 Å². The predicted molar refractivity (Wildman–Crippen MR) is 121 cm³/mol. The molecular formula is C24H24N2O3S. The average Bonchev–Trinajstić information content (AvgIpc) is 2.76. The number of aryl methyl sites for hydroxylation is 1. The molecule has 0 spiro atoms. The molecule has 0 aliphatic rings. The van der Waals surface area contributed by atoms with Crippen LogP contribution in [0.2, 0.25) is 0 Å². The topological polar surface area (TPSA) is 66.5 Å². The second-order valence-electron chi connectivity index (χ2n) is 6.89. The van der Waals surface area contributed by atoms with Gasteiger partial charge in [0.05, 0.1) is 17.1 Å². The summed E-state index contributed by atoms with van der Waals surface area (Å²) < 4.78 is 27.4. The van der Waals surface area contributed by atoms with Crippen molar-refractivity contribution < 1.29 is 13.2 Å². The summed E-state index contributed by atoms with van der Waals surface area (Å²) in [5.74, 6) is -0.253. The highest BCUT2D eigenvalue weighted by Crippen LogP contribution is 2.25. The minimum atomic E-state index is -3.75. The van der Waals surface area contributed by atoms with Crippen molar-refractivity contribution in [2.75, 3.05) is 16.2 Å². The number of carbonyl (C=O) groups is 1. The van der Waals surface area contributed by atoms with Crippen molar-refractivity contribution in [2.45, 2.75) is 18.7 Å². The van der Waals surface area contributed by atoms with Crippen LogP contribution in [0, 0.1) is 13.8 Å². The van der Waals surface area contributed by atoms with Gasteiger partial charge in [0.15, 0.2) is 0 Å². The fourth-order valence-electron chi connectivity index (χ4n) is 3.04. The van der Waals surface area contributed by atoms with Crippen molar-refractivity contribution in [3.05, 3.63) is 102 Å². The monoisotopic (exact) mass is 420 g/mol. The highest BCUT2D eigenvalue weighted by Gasteiger charge is 2.24. The summed E-state index contributed by atoms with van der Waals surface area (Å²) in [5, 5.41) is 2.91. The molecule has 1 amide bonds. The first kappa shape index (κ1) is 21.3. The lowest BCUT2D eigenvalue weighted by Crippen LogP contribution is -2.31. The second kappa shape index (κ2) is 8.97. The summed E-state index contributed by atoms with van der Waals surface area (Å²) in [6.45, 7) is 7.73. The molecule has 0 fully saturated rings. The molecule has 0 saturated heterocycles. The molecule has 0 radical (unpaired) electrons. The van der Waals surface area contributed by atoms with E-state index in [1.165, 1.54) is 10.4 Å². The third kappa shape index (κ3) is 4.44. The number of nitrogens with one attached hydrogen (secondary N) is 1. The van der Waals surface area contributed by atoms with Gasteiger partial charge in [0.1, 0.15) is 0 Å². The Kier molecular flexibility index (Phi) is 6.37. The summed E-state index contributed by atoms with van der Waals surface area (Å²) in [6, 6.07) is 20.5. The van der Waals surface area contributed by atoms with Crippen molar-refractivity contribution in [3.63, 3.8) is 0 Å². The third-order valence-electron chi connectivity index (χ3n) is 4.90. The van der Waals surface area contributed by atoms with Crippen LogP contribution >= 0.6 is 0 Å². The van der Waals surface area contributed by atoms with Crippen molar-refractivity contribution in [3.8, 4) is 0 Å². The molecule has 0 aliphatic heterocycles. The van der Waals surface area contributed by atoms with Crippen molar-refractivity contribution in [1.82, 2.24) is 0 Å². The van der Waals surface area contributed by atoms with E-state index in [4.69, 9.17) is 0 Å². The van der Waals surface area contributed by atoms with Gasteiger partial charge in [0.25, 0.3) is 15.9 Å². The van der Waals surface area contributed by atoms with E-state index in [2.05, 4.69) is 11.9 Å². The van der Waals surface area contributed by atoms with Gasteiger partial charge in [-0.2, -0.15) is 0 Å². The second-order valence-corrected chi connectivity index (χ2v) is 8.75. The minimum Gasteiger partial charge on any atom is -0.322 e. The lowest BCUT2D eigenvalue weighted by Gasteiger charge is -2.23. The largest absolute Gasteiger partial charge is 0.322 e. The van der Waals surface area contributed by atoms with Crippen LogP contribution in [0.1, 0.15) is 21.5 Å². The van der Waals surface area contributed by atoms with Crippen molar-refractivity contribution >= 4 is 27.3 Å². The highest BCUT2D eigenvalue weighted by atomic mass is 32.2. The number of sulfonamides is 1. The molecule has 0 aromatic heterocycles. The molecule has 30 heavy (non-hydrogen) atoms. The number of nitrogens with zero attached hydrogens (tertiary/aromatic N) is 1. The molecule has 0 unspecified atom stereocenters. The maximum atomic E-state index is 13.1. The molecule has 0 atom stereocenters. The van der Waals surface area contributed by atoms with Crippen LogP contribution in [0.25, 0.3) is 0 Å². The van der Waals surface area contributed by atoms with Crippen LogP contribution in [0.5, 0.6) is 0 Å². The molecule has 3 aromatic carbocycles. The van der Waals surface area contributed by atoms with E-state index in [0.717, 1.165) is 16.8 Å². The Balaban J connectivity index is 1.86. The predicted octanol–water partition coefficient (Wildman–Crippen LogP) is 4.94. The number of amides is 1. The zero-order chi connectivity index (χ0) is 21.7. The molecule has 0 aliphatic carbocycles. The molecule has 5 nitrogen and oxygen atoms in total. The zero-order valence-electron chi connectivity index (χ0n) is 17.0. The minimum absolute atomic E-state index is 0.116. The maximum Gasteiger partial charge on any atom is 0.264 e. The molecular weight excluding hydrogens is 396 g/mol. The lowest BCUT2D eigenvalue weighted by atomic mass is 10.1. The van der Waals surface area contributed by atoms with Crippen molar-refractivity contribution in [2.24, 2.45) is 0 Å². The fraction of sp³-hybridized carbons (Fsp3) is 0.125. The number of anilines is 2. The number of hydrogen-bond acceptors (Lipinski definition) is 3. The molecule has 3 rings (SSSR count). The van der Waals surface area contributed by atoms with E-state index in [1.807, 2.05) is 32.0 Å². The molecule has 154 valence electrons. The van der Waals surface area contributed by atoms with E-state index < -0.39 is 10.0 Å². The molecule has 6 heteroatoms. The summed E-state index contributed by atoms with van der Waals surface area (Å²) in [6.07, 6.45) is 1.53. The molecule has 0 bridgehead atoms. The summed E-state index contributed by atoms with van der Waals surface area (Å²) in [5.41, 5.74) is 3.75. The molecule has 1 N–H and O–H groups in total. The van der Waals surface area contributed by atoms with Gasteiger partial charge in [0.2, 0.25) is 0 Å². The van der Waals surface area contributed by atoms with Crippen LogP contribution in [0.15, 0.2) is 90.3 Å². The van der Waals surface area contributed by atoms with Crippen molar-refractivity contribution in [1.29, 1.82) is 0 Å². The maximum absolute atomic E-state index is 13.1. The fourth-order valence-corrected chi connectivity index (χ4v) is 4.50. The van der Waals surface area contributed by atoms with E-state index in [9.17, 15) is 13.2 Å². The van der Waals surface area contributed by atoms with E-state index >= 15 is 0 Å². The summed E-state index contributed by atoms with van der Waals surface area (Å²) in [7, 11) is -3.75. The third-order valence-corrected chi connectivity index (χ3v) is 6.70. The number of hydrogen-bond donors (Lipinski definition) is 1. The Bertz CT molecular complexity index is 1150. The van der Waals surface area contributed by atoms with Gasteiger partial charge in [-0.25, -0.2) is 8.42 Å². The Labute approximate surface area is 177 Å². The van der Waals surface area contributed by atoms with Gasteiger partial charge < -0.3 is 5.32 Å². The normalized spacial score (nSPS) is 11.0. The van der Waals surface area contributed by atoms with Gasteiger partial charge >= 0.3 is 0 Å². The van der Waals surface area contributed by atoms with Crippen LogP contribution < -0.4 is 9.62 Å². The van der Waals surface area contributed by atoms with Gasteiger partial charge in [-0.15, -0.1) is 6.58 Å². The molecule has 0 heterocycles.